The summed E-state index contributed by atoms with van der Waals surface area (Å²) in [7, 11) is 0. The van der Waals surface area contributed by atoms with Crippen LogP contribution in [0.15, 0.2) is 24.3 Å². The molecule has 0 heterocycles. The summed E-state index contributed by atoms with van der Waals surface area (Å²) in [6, 6.07) is 4.05. The summed E-state index contributed by atoms with van der Waals surface area (Å²) >= 11 is 0. The second-order valence-corrected chi connectivity index (χ2v) is 4.57. The van der Waals surface area contributed by atoms with Gasteiger partial charge in [-0.15, -0.1) is 0 Å². The highest BCUT2D eigenvalue weighted by atomic mass is 19.1. The lowest BCUT2D eigenvalue weighted by Gasteiger charge is -2.26. The van der Waals surface area contributed by atoms with Crippen molar-refractivity contribution in [1.82, 2.24) is 0 Å². The summed E-state index contributed by atoms with van der Waals surface area (Å²) in [6.45, 7) is 5.82. The Hall–Kier alpha value is -1.84. The van der Waals surface area contributed by atoms with Gasteiger partial charge in [-0.05, 0) is 44.5 Å². The van der Waals surface area contributed by atoms with Crippen LogP contribution in [0.1, 0.15) is 32.8 Å². The number of hydrogen-bond acceptors (Lipinski definition) is 2. The Morgan fingerprint density at radius 3 is 2.72 bits per heavy atom. The molecule has 3 nitrogen and oxygen atoms in total. The van der Waals surface area contributed by atoms with Crippen LogP contribution in [0.2, 0.25) is 0 Å². The van der Waals surface area contributed by atoms with Gasteiger partial charge in [-0.25, -0.2) is 9.18 Å². The van der Waals surface area contributed by atoms with Gasteiger partial charge in [-0.2, -0.15) is 0 Å². The molecule has 98 valence electrons. The monoisotopic (exact) mass is 252 g/mol. The van der Waals surface area contributed by atoms with Crippen LogP contribution in [0.4, 0.5) is 4.39 Å². The first-order valence-electron chi connectivity index (χ1n) is 5.73. The number of hydrogen-bond donors (Lipinski definition) is 1. The first-order chi connectivity index (χ1) is 8.34. The molecule has 1 aromatic rings. The van der Waals surface area contributed by atoms with Crippen molar-refractivity contribution in [3.8, 4) is 5.75 Å². The van der Waals surface area contributed by atoms with Crippen LogP contribution in [0.5, 0.6) is 5.75 Å². The SMILES string of the molecule is CCC(C)(C)Oc1ccc(F)cc1/C=C/C(=O)O. The average molecular weight is 252 g/mol. The summed E-state index contributed by atoms with van der Waals surface area (Å²) in [6.07, 6.45) is 3.07. The highest BCUT2D eigenvalue weighted by molar-refractivity contribution is 5.85. The molecule has 0 fully saturated rings. The number of aliphatic carboxylic acids is 1. The molecule has 1 rings (SSSR count). The summed E-state index contributed by atoms with van der Waals surface area (Å²) in [4.78, 5) is 10.5. The van der Waals surface area contributed by atoms with Gasteiger partial charge in [-0.3, -0.25) is 0 Å². The molecule has 0 radical (unpaired) electrons. The Bertz CT molecular complexity index is 464. The van der Waals surface area contributed by atoms with E-state index in [1.165, 1.54) is 24.3 Å². The zero-order valence-electron chi connectivity index (χ0n) is 10.7. The first kappa shape index (κ1) is 14.2. The van der Waals surface area contributed by atoms with Gasteiger partial charge in [0.2, 0.25) is 0 Å². The summed E-state index contributed by atoms with van der Waals surface area (Å²) in [5.74, 6) is -1.04. The van der Waals surface area contributed by atoms with Crippen molar-refractivity contribution in [2.24, 2.45) is 0 Å². The van der Waals surface area contributed by atoms with E-state index in [2.05, 4.69) is 0 Å². The number of ether oxygens (including phenoxy) is 1. The maximum Gasteiger partial charge on any atom is 0.328 e. The van der Waals surface area contributed by atoms with Gasteiger partial charge in [0.1, 0.15) is 17.2 Å². The number of halogens is 1. The van der Waals surface area contributed by atoms with Crippen molar-refractivity contribution in [2.75, 3.05) is 0 Å². The lowest BCUT2D eigenvalue weighted by atomic mass is 10.1. The van der Waals surface area contributed by atoms with E-state index in [0.29, 0.717) is 11.3 Å². The van der Waals surface area contributed by atoms with E-state index in [0.717, 1.165) is 12.5 Å². The second kappa shape index (κ2) is 5.67. The Balaban J connectivity index is 3.07. The average Bonchev–Trinajstić information content (AvgIpc) is 2.29. The van der Waals surface area contributed by atoms with Crippen LogP contribution >= 0.6 is 0 Å². The molecule has 0 saturated carbocycles. The zero-order chi connectivity index (χ0) is 13.8. The molecule has 0 bridgehead atoms. The molecule has 0 aliphatic heterocycles. The Labute approximate surface area is 106 Å². The molecule has 1 aromatic carbocycles. The van der Waals surface area contributed by atoms with Gasteiger partial charge in [-0.1, -0.05) is 6.92 Å². The predicted molar refractivity (Wildman–Crippen MR) is 68.1 cm³/mol. The Morgan fingerprint density at radius 1 is 1.50 bits per heavy atom. The fraction of sp³-hybridized carbons (Fsp3) is 0.357. The number of benzene rings is 1. The number of carboxylic acids is 1. The van der Waals surface area contributed by atoms with Crippen LogP contribution < -0.4 is 4.74 Å². The van der Waals surface area contributed by atoms with E-state index in [1.807, 2.05) is 20.8 Å². The van der Waals surface area contributed by atoms with Gasteiger partial charge < -0.3 is 9.84 Å². The minimum absolute atomic E-state index is 0.385. The van der Waals surface area contributed by atoms with E-state index in [4.69, 9.17) is 9.84 Å². The number of carboxylic acid groups (broad SMARTS) is 1. The highest BCUT2D eigenvalue weighted by Crippen LogP contribution is 2.26. The maximum absolute atomic E-state index is 13.1. The van der Waals surface area contributed by atoms with Crippen molar-refractivity contribution < 1.29 is 19.0 Å². The highest BCUT2D eigenvalue weighted by Gasteiger charge is 2.18. The van der Waals surface area contributed by atoms with E-state index in [1.54, 1.807) is 0 Å². The second-order valence-electron chi connectivity index (χ2n) is 4.57. The molecular weight excluding hydrogens is 235 g/mol. The predicted octanol–water partition coefficient (Wildman–Crippen LogP) is 3.49. The topological polar surface area (TPSA) is 46.5 Å². The normalized spacial score (nSPS) is 11.8. The number of rotatable bonds is 5. The molecule has 4 heteroatoms. The lowest BCUT2D eigenvalue weighted by molar-refractivity contribution is -0.131. The smallest absolute Gasteiger partial charge is 0.328 e. The summed E-state index contributed by atoms with van der Waals surface area (Å²) in [5.41, 5.74) is 0.0304. The van der Waals surface area contributed by atoms with Gasteiger partial charge >= 0.3 is 5.97 Å². The Morgan fingerprint density at radius 2 is 2.17 bits per heavy atom. The summed E-state index contributed by atoms with van der Waals surface area (Å²) < 4.78 is 18.9. The van der Waals surface area contributed by atoms with Crippen molar-refractivity contribution in [3.05, 3.63) is 35.7 Å². The third-order valence-electron chi connectivity index (χ3n) is 2.61. The number of carbonyl (C=O) groups is 1. The van der Waals surface area contributed by atoms with Gasteiger partial charge in [0.25, 0.3) is 0 Å². The largest absolute Gasteiger partial charge is 0.487 e. The molecular formula is C14H17FO3. The first-order valence-corrected chi connectivity index (χ1v) is 5.73. The molecule has 0 unspecified atom stereocenters. The van der Waals surface area contributed by atoms with Crippen molar-refractivity contribution >= 4 is 12.0 Å². The van der Waals surface area contributed by atoms with E-state index >= 15 is 0 Å². The zero-order valence-corrected chi connectivity index (χ0v) is 10.7. The standard InChI is InChI=1S/C14H17FO3/c1-4-14(2,3)18-12-7-6-11(15)9-10(12)5-8-13(16)17/h5-9H,4H2,1-3H3,(H,16,17)/b8-5+. The third kappa shape index (κ3) is 4.20. The fourth-order valence-electron chi connectivity index (χ4n) is 1.27. The van der Waals surface area contributed by atoms with E-state index < -0.39 is 11.8 Å². The minimum Gasteiger partial charge on any atom is -0.487 e. The van der Waals surface area contributed by atoms with Crippen LogP contribution in [0.25, 0.3) is 6.08 Å². The van der Waals surface area contributed by atoms with Crippen molar-refractivity contribution in [2.45, 2.75) is 32.8 Å². The van der Waals surface area contributed by atoms with Gasteiger partial charge in [0, 0.05) is 11.6 Å². The van der Waals surface area contributed by atoms with Crippen molar-refractivity contribution in [1.29, 1.82) is 0 Å². The molecule has 0 aliphatic carbocycles. The van der Waals surface area contributed by atoms with Gasteiger partial charge in [0.15, 0.2) is 0 Å². The molecule has 1 N–H and O–H groups in total. The van der Waals surface area contributed by atoms with Crippen LogP contribution in [0, 0.1) is 5.82 Å². The quantitative estimate of drug-likeness (QED) is 0.816. The fourth-order valence-corrected chi connectivity index (χ4v) is 1.27. The van der Waals surface area contributed by atoms with Crippen LogP contribution in [-0.4, -0.2) is 16.7 Å². The van der Waals surface area contributed by atoms with E-state index in [9.17, 15) is 9.18 Å². The molecule has 18 heavy (non-hydrogen) atoms. The molecule has 0 saturated heterocycles. The van der Waals surface area contributed by atoms with Crippen molar-refractivity contribution in [3.63, 3.8) is 0 Å². The third-order valence-corrected chi connectivity index (χ3v) is 2.61. The van der Waals surface area contributed by atoms with Crippen LogP contribution in [0.3, 0.4) is 0 Å². The molecule has 0 aliphatic rings. The minimum atomic E-state index is -1.08. The molecule has 0 atom stereocenters. The Kier molecular flexibility index (Phi) is 4.48. The molecule has 0 aromatic heterocycles. The van der Waals surface area contributed by atoms with Crippen LogP contribution in [-0.2, 0) is 4.79 Å². The van der Waals surface area contributed by atoms with E-state index in [-0.39, 0.29) is 5.60 Å². The lowest BCUT2D eigenvalue weighted by Crippen LogP contribution is -2.27. The maximum atomic E-state index is 13.1. The molecule has 0 amide bonds. The molecule has 0 spiro atoms. The summed E-state index contributed by atoms with van der Waals surface area (Å²) in [5, 5.41) is 8.59. The van der Waals surface area contributed by atoms with Gasteiger partial charge in [0.05, 0.1) is 0 Å².